The highest BCUT2D eigenvalue weighted by molar-refractivity contribution is 9.10. The molecular weight excluding hydrogens is 293 g/mol. The quantitative estimate of drug-likeness (QED) is 0.909. The molecule has 0 spiro atoms. The van der Waals surface area contributed by atoms with Gasteiger partial charge in [0.2, 0.25) is 0 Å². The predicted molar refractivity (Wildman–Crippen MR) is 61.1 cm³/mol. The molecule has 0 aromatic heterocycles. The van der Waals surface area contributed by atoms with Crippen LogP contribution in [-0.2, 0) is 11.3 Å². The zero-order chi connectivity index (χ0) is 12.7. The van der Waals surface area contributed by atoms with Crippen molar-refractivity contribution >= 4 is 27.8 Å². The van der Waals surface area contributed by atoms with Gasteiger partial charge in [-0.3, -0.25) is 4.79 Å². The van der Waals surface area contributed by atoms with Gasteiger partial charge in [0.25, 0.3) is 5.91 Å². The van der Waals surface area contributed by atoms with E-state index in [1.807, 2.05) is 0 Å². The molecule has 0 bridgehead atoms. The summed E-state index contributed by atoms with van der Waals surface area (Å²) in [7, 11) is 0. The van der Waals surface area contributed by atoms with Crippen LogP contribution in [0.3, 0.4) is 0 Å². The van der Waals surface area contributed by atoms with Crippen LogP contribution >= 0.6 is 15.9 Å². The molecule has 0 unspecified atom stereocenters. The highest BCUT2D eigenvalue weighted by atomic mass is 79.9. The number of amides is 1. The van der Waals surface area contributed by atoms with E-state index in [9.17, 15) is 14.0 Å². The summed E-state index contributed by atoms with van der Waals surface area (Å²) in [6.07, 6.45) is 0. The third-order valence-electron chi connectivity index (χ3n) is 2.82. The van der Waals surface area contributed by atoms with Crippen molar-refractivity contribution in [2.24, 2.45) is 0 Å². The molecule has 1 heterocycles. The first-order valence-electron chi connectivity index (χ1n) is 4.94. The molecule has 1 aliphatic heterocycles. The van der Waals surface area contributed by atoms with Gasteiger partial charge in [-0.05, 0) is 34.5 Å². The number of benzene rings is 1. The molecule has 1 amide bonds. The third kappa shape index (κ3) is 1.82. The number of nitrogens with zero attached hydrogens (tertiary/aromatic N) is 1. The Hall–Kier alpha value is -1.43. The number of fused-ring (bicyclic) bond motifs is 1. The van der Waals surface area contributed by atoms with Crippen LogP contribution in [0.4, 0.5) is 4.39 Å². The Kier molecular flexibility index (Phi) is 2.91. The van der Waals surface area contributed by atoms with E-state index in [1.165, 1.54) is 13.0 Å². The summed E-state index contributed by atoms with van der Waals surface area (Å²) in [6.45, 7) is 1.53. The number of rotatable bonds is 2. The number of carboxylic acid groups (broad SMARTS) is 1. The summed E-state index contributed by atoms with van der Waals surface area (Å²) in [4.78, 5) is 23.9. The molecule has 4 nitrogen and oxygen atoms in total. The van der Waals surface area contributed by atoms with E-state index in [2.05, 4.69) is 15.9 Å². The van der Waals surface area contributed by atoms with Crippen LogP contribution in [0.25, 0.3) is 0 Å². The van der Waals surface area contributed by atoms with Gasteiger partial charge in [-0.15, -0.1) is 0 Å². The molecule has 90 valence electrons. The Labute approximate surface area is 105 Å². The van der Waals surface area contributed by atoms with Gasteiger partial charge in [0.1, 0.15) is 11.9 Å². The highest BCUT2D eigenvalue weighted by Gasteiger charge is 2.36. The third-order valence-corrected chi connectivity index (χ3v) is 3.43. The topological polar surface area (TPSA) is 57.6 Å². The van der Waals surface area contributed by atoms with Crippen molar-refractivity contribution in [2.45, 2.75) is 19.5 Å². The minimum absolute atomic E-state index is 0.0347. The molecule has 0 saturated carbocycles. The van der Waals surface area contributed by atoms with E-state index in [0.29, 0.717) is 5.56 Å². The van der Waals surface area contributed by atoms with E-state index in [1.54, 1.807) is 6.07 Å². The number of carbonyl (C=O) groups excluding carboxylic acids is 1. The van der Waals surface area contributed by atoms with Gasteiger partial charge in [0.05, 0.1) is 10.0 Å². The molecule has 2 rings (SSSR count). The fourth-order valence-electron chi connectivity index (χ4n) is 1.80. The second-order valence-corrected chi connectivity index (χ2v) is 4.70. The predicted octanol–water partition coefficient (Wildman–Crippen LogP) is 2.02. The van der Waals surface area contributed by atoms with E-state index in [-0.39, 0.29) is 16.6 Å². The van der Waals surface area contributed by atoms with Gasteiger partial charge in [0.15, 0.2) is 0 Å². The van der Waals surface area contributed by atoms with Crippen LogP contribution < -0.4 is 0 Å². The van der Waals surface area contributed by atoms with Crippen LogP contribution in [-0.4, -0.2) is 27.9 Å². The fraction of sp³-hybridized carbons (Fsp3) is 0.273. The molecule has 1 atom stereocenters. The number of carbonyl (C=O) groups is 2. The molecule has 1 aliphatic rings. The summed E-state index contributed by atoms with van der Waals surface area (Å²) < 4.78 is 14.0. The van der Waals surface area contributed by atoms with Crippen LogP contribution in [0.15, 0.2) is 16.6 Å². The van der Waals surface area contributed by atoms with Crippen molar-refractivity contribution < 1.29 is 19.1 Å². The molecule has 6 heteroatoms. The first-order chi connectivity index (χ1) is 7.93. The Morgan fingerprint density at radius 1 is 1.59 bits per heavy atom. The Morgan fingerprint density at radius 3 is 2.82 bits per heavy atom. The normalized spacial score (nSPS) is 15.9. The maximum absolute atomic E-state index is 13.7. The van der Waals surface area contributed by atoms with Crippen molar-refractivity contribution in [1.82, 2.24) is 4.90 Å². The zero-order valence-corrected chi connectivity index (χ0v) is 10.5. The van der Waals surface area contributed by atoms with Gasteiger partial charge in [-0.2, -0.15) is 0 Å². The zero-order valence-electron chi connectivity index (χ0n) is 8.91. The minimum atomic E-state index is -1.11. The number of halogens is 2. The minimum Gasteiger partial charge on any atom is -0.480 e. The number of aliphatic carboxylic acids is 1. The molecule has 0 fully saturated rings. The van der Waals surface area contributed by atoms with Crippen LogP contribution in [0.5, 0.6) is 0 Å². The second kappa shape index (κ2) is 4.10. The lowest BCUT2D eigenvalue weighted by Crippen LogP contribution is -2.39. The monoisotopic (exact) mass is 301 g/mol. The average molecular weight is 302 g/mol. The maximum atomic E-state index is 13.7. The largest absolute Gasteiger partial charge is 0.480 e. The van der Waals surface area contributed by atoms with Gasteiger partial charge in [-0.25, -0.2) is 9.18 Å². The first kappa shape index (κ1) is 12.0. The molecule has 1 aromatic carbocycles. The van der Waals surface area contributed by atoms with Gasteiger partial charge < -0.3 is 10.0 Å². The molecule has 1 aromatic rings. The first-order valence-corrected chi connectivity index (χ1v) is 5.73. The molecule has 1 N–H and O–H groups in total. The van der Waals surface area contributed by atoms with Crippen molar-refractivity contribution in [3.05, 3.63) is 33.5 Å². The van der Waals surface area contributed by atoms with Crippen molar-refractivity contribution in [3.8, 4) is 0 Å². The van der Waals surface area contributed by atoms with Crippen molar-refractivity contribution in [1.29, 1.82) is 0 Å². The highest BCUT2D eigenvalue weighted by Crippen LogP contribution is 2.30. The van der Waals surface area contributed by atoms with Crippen molar-refractivity contribution in [2.75, 3.05) is 0 Å². The summed E-state index contributed by atoms with van der Waals surface area (Å²) in [6, 6.07) is 2.17. The fourth-order valence-corrected chi connectivity index (χ4v) is 2.13. The Balaban J connectivity index is 2.43. The van der Waals surface area contributed by atoms with Crippen LogP contribution in [0.1, 0.15) is 22.8 Å². The smallest absolute Gasteiger partial charge is 0.326 e. The summed E-state index contributed by atoms with van der Waals surface area (Å²) in [5.41, 5.74) is 0.483. The van der Waals surface area contributed by atoms with Gasteiger partial charge >= 0.3 is 5.97 Å². The number of hydrogen-bond acceptors (Lipinski definition) is 2. The lowest BCUT2D eigenvalue weighted by Gasteiger charge is -2.19. The second-order valence-electron chi connectivity index (χ2n) is 3.84. The Bertz CT molecular complexity index is 518. The molecule has 0 saturated heterocycles. The van der Waals surface area contributed by atoms with E-state index in [0.717, 1.165) is 4.90 Å². The maximum Gasteiger partial charge on any atom is 0.326 e. The average Bonchev–Trinajstić information content (AvgIpc) is 2.61. The standard InChI is InChI=1S/C11H9BrFNO3/c1-5(11(16)17)14-4-6-2-3-7(12)9(13)8(6)10(14)15/h2-3,5H,4H2,1H3,(H,16,17)/t5-/m1/s1. The van der Waals surface area contributed by atoms with E-state index >= 15 is 0 Å². The number of carboxylic acids is 1. The summed E-state index contributed by atoms with van der Waals surface area (Å²) in [5.74, 6) is -2.31. The molecule has 0 radical (unpaired) electrons. The van der Waals surface area contributed by atoms with E-state index in [4.69, 9.17) is 5.11 Å². The SMILES string of the molecule is C[C@H](C(=O)O)N1Cc2ccc(Br)c(F)c2C1=O. The number of hydrogen-bond donors (Lipinski definition) is 1. The van der Waals surface area contributed by atoms with Crippen LogP contribution in [0, 0.1) is 5.82 Å². The van der Waals surface area contributed by atoms with Crippen molar-refractivity contribution in [3.63, 3.8) is 0 Å². The molecular formula is C11H9BrFNO3. The van der Waals surface area contributed by atoms with Gasteiger partial charge in [0, 0.05) is 6.54 Å². The molecule has 17 heavy (non-hydrogen) atoms. The van der Waals surface area contributed by atoms with E-state index < -0.39 is 23.7 Å². The lowest BCUT2D eigenvalue weighted by molar-refractivity contribution is -0.141. The Morgan fingerprint density at radius 2 is 2.24 bits per heavy atom. The van der Waals surface area contributed by atoms with Gasteiger partial charge in [-0.1, -0.05) is 6.07 Å². The summed E-state index contributed by atoms with van der Waals surface area (Å²) in [5, 5.41) is 8.87. The van der Waals surface area contributed by atoms with Crippen LogP contribution in [0.2, 0.25) is 0 Å². The lowest BCUT2D eigenvalue weighted by atomic mass is 10.1. The summed E-state index contributed by atoms with van der Waals surface area (Å²) >= 11 is 3.00. The molecule has 0 aliphatic carbocycles.